The van der Waals surface area contributed by atoms with E-state index in [0.717, 1.165) is 19.2 Å². The molecule has 4 heteroatoms. The van der Waals surface area contributed by atoms with Gasteiger partial charge in [-0.05, 0) is 36.2 Å². The smallest absolute Gasteiger partial charge is 0.0931 e. The van der Waals surface area contributed by atoms with E-state index in [2.05, 4.69) is 41.1 Å². The first-order valence-corrected chi connectivity index (χ1v) is 6.83. The summed E-state index contributed by atoms with van der Waals surface area (Å²) in [6, 6.07) is 9.93. The number of benzene rings is 1. The van der Waals surface area contributed by atoms with E-state index in [-0.39, 0.29) is 6.04 Å². The highest BCUT2D eigenvalue weighted by Gasteiger charge is 2.14. The van der Waals surface area contributed by atoms with E-state index in [9.17, 15) is 0 Å². The average Bonchev–Trinajstić information content (AvgIpc) is 2.64. The first-order valence-electron chi connectivity index (χ1n) is 4.85. The summed E-state index contributed by atoms with van der Waals surface area (Å²) in [6.45, 7) is 2.06. The predicted octanol–water partition coefficient (Wildman–Crippen LogP) is 4.52. The maximum absolute atomic E-state index is 6.20. The fourth-order valence-corrected chi connectivity index (χ4v) is 3.35. The van der Waals surface area contributed by atoms with E-state index < -0.39 is 0 Å². The van der Waals surface area contributed by atoms with Gasteiger partial charge in [0.25, 0.3) is 0 Å². The Hall–Kier alpha value is -0.350. The van der Waals surface area contributed by atoms with Crippen molar-refractivity contribution < 1.29 is 0 Å². The Morgan fingerprint density at radius 2 is 2.06 bits per heavy atom. The number of nitrogens with two attached hydrogens (primary N) is 1. The lowest BCUT2D eigenvalue weighted by Gasteiger charge is -2.12. The lowest BCUT2D eigenvalue weighted by Crippen LogP contribution is -2.10. The Bertz CT molecular complexity index is 509. The molecule has 0 aliphatic rings. The number of hydrogen-bond acceptors (Lipinski definition) is 2. The van der Waals surface area contributed by atoms with Crippen LogP contribution in [0.5, 0.6) is 0 Å². The molecule has 2 N–H and O–H groups in total. The number of halogens is 2. The molecule has 2 aromatic rings. The average molecular weight is 317 g/mol. The Morgan fingerprint density at radius 3 is 2.62 bits per heavy atom. The van der Waals surface area contributed by atoms with Crippen LogP contribution in [0.25, 0.3) is 0 Å². The second kappa shape index (κ2) is 4.88. The molecule has 0 radical (unpaired) electrons. The molecule has 16 heavy (non-hydrogen) atoms. The van der Waals surface area contributed by atoms with E-state index in [0.29, 0.717) is 0 Å². The maximum atomic E-state index is 6.20. The van der Waals surface area contributed by atoms with Crippen molar-refractivity contribution in [2.45, 2.75) is 13.0 Å². The van der Waals surface area contributed by atoms with Crippen LogP contribution in [-0.2, 0) is 0 Å². The fourth-order valence-electron chi connectivity index (χ4n) is 1.53. The van der Waals surface area contributed by atoms with Gasteiger partial charge in [0.2, 0.25) is 0 Å². The highest BCUT2D eigenvalue weighted by Crippen LogP contribution is 2.32. The predicted molar refractivity (Wildman–Crippen MR) is 74.2 cm³/mol. The van der Waals surface area contributed by atoms with Crippen LogP contribution in [0.3, 0.4) is 0 Å². The molecule has 1 atom stereocenters. The summed E-state index contributed by atoms with van der Waals surface area (Å²) in [4.78, 5) is 1.08. The molecule has 0 spiro atoms. The first-order chi connectivity index (χ1) is 7.58. The number of thiophene rings is 1. The molecule has 0 fully saturated rings. The maximum Gasteiger partial charge on any atom is 0.0931 e. The largest absolute Gasteiger partial charge is 0.320 e. The van der Waals surface area contributed by atoms with Crippen LogP contribution in [0, 0.1) is 6.92 Å². The van der Waals surface area contributed by atoms with Gasteiger partial charge in [-0.2, -0.15) is 0 Å². The first kappa shape index (κ1) is 12.1. The van der Waals surface area contributed by atoms with Gasteiger partial charge < -0.3 is 5.73 Å². The van der Waals surface area contributed by atoms with E-state index in [1.807, 2.05) is 12.1 Å². The minimum atomic E-state index is -0.118. The summed E-state index contributed by atoms with van der Waals surface area (Å²) in [6.07, 6.45) is 0. The second-order valence-electron chi connectivity index (χ2n) is 3.64. The Balaban J connectivity index is 2.37. The summed E-state index contributed by atoms with van der Waals surface area (Å²) in [7, 11) is 0. The zero-order chi connectivity index (χ0) is 11.7. The van der Waals surface area contributed by atoms with E-state index in [1.165, 1.54) is 16.9 Å². The van der Waals surface area contributed by atoms with Gasteiger partial charge in [-0.15, -0.1) is 11.3 Å². The van der Waals surface area contributed by atoms with Gasteiger partial charge in [-0.3, -0.25) is 0 Å². The van der Waals surface area contributed by atoms with E-state index in [4.69, 9.17) is 17.3 Å². The van der Waals surface area contributed by atoms with Crippen molar-refractivity contribution in [1.29, 1.82) is 0 Å². The molecule has 1 nitrogen and oxygen atoms in total. The number of aryl methyl sites for hydroxylation is 1. The van der Waals surface area contributed by atoms with Crippen molar-refractivity contribution in [2.75, 3.05) is 0 Å². The van der Waals surface area contributed by atoms with Gasteiger partial charge >= 0.3 is 0 Å². The molecule has 1 heterocycles. The lowest BCUT2D eigenvalue weighted by atomic mass is 10.0. The van der Waals surface area contributed by atoms with Crippen molar-refractivity contribution in [3.63, 3.8) is 0 Å². The summed E-state index contributed by atoms with van der Waals surface area (Å²) in [5.41, 5.74) is 8.50. The van der Waals surface area contributed by atoms with Gasteiger partial charge in [-0.1, -0.05) is 39.7 Å². The third-order valence-corrected chi connectivity index (χ3v) is 4.39. The van der Waals surface area contributed by atoms with Crippen LogP contribution in [0.2, 0.25) is 4.34 Å². The van der Waals surface area contributed by atoms with Crippen LogP contribution in [0.4, 0.5) is 0 Å². The van der Waals surface area contributed by atoms with E-state index in [1.54, 1.807) is 0 Å². The molecule has 0 saturated heterocycles. The minimum Gasteiger partial charge on any atom is -0.320 e. The van der Waals surface area contributed by atoms with Crippen LogP contribution in [0.15, 0.2) is 34.8 Å². The highest BCUT2D eigenvalue weighted by atomic mass is 79.9. The Morgan fingerprint density at radius 1 is 1.31 bits per heavy atom. The Kier molecular flexibility index (Phi) is 3.70. The van der Waals surface area contributed by atoms with Crippen molar-refractivity contribution >= 4 is 38.9 Å². The second-order valence-corrected chi connectivity index (χ2v) is 6.25. The Labute approximate surface area is 112 Å². The van der Waals surface area contributed by atoms with Crippen molar-refractivity contribution in [1.82, 2.24) is 0 Å². The molecule has 84 valence electrons. The SMILES string of the molecule is Cc1ccc(C(N)c2ccc(Cl)s2)c(Br)c1. The molecule has 0 saturated carbocycles. The van der Waals surface area contributed by atoms with Crippen LogP contribution in [0.1, 0.15) is 22.0 Å². The number of rotatable bonds is 2. The minimum absolute atomic E-state index is 0.118. The molecular weight excluding hydrogens is 306 g/mol. The molecule has 1 aromatic carbocycles. The van der Waals surface area contributed by atoms with E-state index >= 15 is 0 Å². The highest BCUT2D eigenvalue weighted by molar-refractivity contribution is 9.10. The zero-order valence-corrected chi connectivity index (χ0v) is 11.9. The van der Waals surface area contributed by atoms with Crippen molar-refractivity contribution in [2.24, 2.45) is 5.73 Å². The normalized spacial score (nSPS) is 12.8. The third-order valence-electron chi connectivity index (χ3n) is 2.39. The molecule has 0 amide bonds. The quantitative estimate of drug-likeness (QED) is 0.866. The van der Waals surface area contributed by atoms with Gasteiger partial charge in [0, 0.05) is 9.35 Å². The molecule has 1 unspecified atom stereocenters. The summed E-state index contributed by atoms with van der Waals surface area (Å²) in [5.74, 6) is 0. The zero-order valence-electron chi connectivity index (χ0n) is 8.71. The number of hydrogen-bond donors (Lipinski definition) is 1. The van der Waals surface area contributed by atoms with Crippen LogP contribution >= 0.6 is 38.9 Å². The van der Waals surface area contributed by atoms with Crippen LogP contribution < -0.4 is 5.73 Å². The van der Waals surface area contributed by atoms with Gasteiger partial charge in [0.1, 0.15) is 0 Å². The molecule has 0 bridgehead atoms. The summed E-state index contributed by atoms with van der Waals surface area (Å²) >= 11 is 11.0. The third kappa shape index (κ3) is 2.48. The van der Waals surface area contributed by atoms with Crippen molar-refractivity contribution in [3.8, 4) is 0 Å². The van der Waals surface area contributed by atoms with Gasteiger partial charge in [-0.25, -0.2) is 0 Å². The summed E-state index contributed by atoms with van der Waals surface area (Å²) in [5, 5.41) is 0. The van der Waals surface area contributed by atoms with Gasteiger partial charge in [0.05, 0.1) is 10.4 Å². The van der Waals surface area contributed by atoms with Gasteiger partial charge in [0.15, 0.2) is 0 Å². The molecule has 0 aliphatic carbocycles. The molecule has 2 rings (SSSR count). The lowest BCUT2D eigenvalue weighted by molar-refractivity contribution is 0.886. The molecular formula is C12H11BrClNS. The molecule has 1 aromatic heterocycles. The molecule has 0 aliphatic heterocycles. The topological polar surface area (TPSA) is 26.0 Å². The monoisotopic (exact) mass is 315 g/mol. The van der Waals surface area contributed by atoms with Crippen LogP contribution in [-0.4, -0.2) is 0 Å². The van der Waals surface area contributed by atoms with Crippen molar-refractivity contribution in [3.05, 3.63) is 55.1 Å². The fraction of sp³-hybridized carbons (Fsp3) is 0.167. The standard InChI is InChI=1S/C12H11BrClNS/c1-7-2-3-8(9(13)6-7)12(15)10-4-5-11(14)16-10/h2-6,12H,15H2,1H3. The summed E-state index contributed by atoms with van der Waals surface area (Å²) < 4.78 is 1.82.